The molecule has 0 bridgehead atoms. The Bertz CT molecular complexity index is 551. The van der Waals surface area contributed by atoms with Gasteiger partial charge in [0.2, 0.25) is 0 Å². The van der Waals surface area contributed by atoms with Crippen molar-refractivity contribution in [1.29, 1.82) is 0 Å². The van der Waals surface area contributed by atoms with E-state index >= 15 is 0 Å². The minimum Gasteiger partial charge on any atom is -0.480 e. The van der Waals surface area contributed by atoms with Crippen LogP contribution in [0.5, 0.6) is 0 Å². The summed E-state index contributed by atoms with van der Waals surface area (Å²) in [6, 6.07) is 0.0229. The highest BCUT2D eigenvalue weighted by Crippen LogP contribution is 2.36. The highest BCUT2D eigenvalue weighted by atomic mass is 35.5. The van der Waals surface area contributed by atoms with Gasteiger partial charge in [-0.15, -0.1) is 0 Å². The molecule has 116 valence electrons. The molecule has 0 saturated heterocycles. The monoisotopic (exact) mass is 326 g/mol. The zero-order valence-electron chi connectivity index (χ0n) is 10.2. The number of benzene rings is 1. The summed E-state index contributed by atoms with van der Waals surface area (Å²) < 4.78 is 37.8. The first-order valence-electron chi connectivity index (χ1n) is 5.43. The van der Waals surface area contributed by atoms with Crippen LogP contribution in [0.15, 0.2) is 18.2 Å². The highest BCUT2D eigenvalue weighted by molar-refractivity contribution is 6.31. The number of alkyl halides is 3. The van der Waals surface area contributed by atoms with Gasteiger partial charge in [0, 0.05) is 5.69 Å². The summed E-state index contributed by atoms with van der Waals surface area (Å²) in [6.45, 7) is -0.864. The van der Waals surface area contributed by atoms with E-state index in [0.29, 0.717) is 6.07 Å². The summed E-state index contributed by atoms with van der Waals surface area (Å²) in [7, 11) is 0. The van der Waals surface area contributed by atoms with Gasteiger partial charge < -0.3 is 20.8 Å². The number of aliphatic hydroxyl groups is 1. The molecular weight excluding hydrogens is 317 g/mol. The van der Waals surface area contributed by atoms with Crippen LogP contribution in [0.2, 0.25) is 5.02 Å². The fraction of sp³-hybridized carbons (Fsp3) is 0.273. The Balaban J connectivity index is 2.84. The molecule has 0 aromatic heterocycles. The molecule has 0 radical (unpaired) electrons. The first-order chi connectivity index (χ1) is 9.65. The largest absolute Gasteiger partial charge is 0.480 e. The van der Waals surface area contributed by atoms with Crippen molar-refractivity contribution in [2.45, 2.75) is 12.2 Å². The van der Waals surface area contributed by atoms with Crippen LogP contribution in [0.25, 0.3) is 0 Å². The lowest BCUT2D eigenvalue weighted by Crippen LogP contribution is -2.45. The number of urea groups is 1. The molecule has 1 rings (SSSR count). The first-order valence-corrected chi connectivity index (χ1v) is 5.81. The second kappa shape index (κ2) is 6.64. The Hall–Kier alpha value is -2.00. The van der Waals surface area contributed by atoms with Gasteiger partial charge in [-0.3, -0.25) is 0 Å². The molecule has 6 nitrogen and oxygen atoms in total. The van der Waals surface area contributed by atoms with Gasteiger partial charge in [0.25, 0.3) is 0 Å². The van der Waals surface area contributed by atoms with Gasteiger partial charge in [0.15, 0.2) is 6.04 Å². The van der Waals surface area contributed by atoms with Crippen molar-refractivity contribution in [3.05, 3.63) is 28.8 Å². The molecule has 0 aliphatic rings. The van der Waals surface area contributed by atoms with Crippen molar-refractivity contribution in [3.63, 3.8) is 0 Å². The first kappa shape index (κ1) is 17.1. The summed E-state index contributed by atoms with van der Waals surface area (Å²) in [6.07, 6.45) is -4.69. The topological polar surface area (TPSA) is 98.7 Å². The Labute approximate surface area is 121 Å². The molecular formula is C11H10ClF3N2O4. The maximum Gasteiger partial charge on any atom is 0.417 e. The third-order valence-corrected chi connectivity index (χ3v) is 2.65. The van der Waals surface area contributed by atoms with Crippen molar-refractivity contribution < 1.29 is 33.0 Å². The number of nitrogens with one attached hydrogen (secondary N) is 2. The third-order valence-electron chi connectivity index (χ3n) is 2.32. The quantitative estimate of drug-likeness (QED) is 0.679. The Morgan fingerprint density at radius 2 is 1.95 bits per heavy atom. The molecule has 0 saturated carbocycles. The SMILES string of the molecule is O=C(Nc1ccc(Cl)c(C(F)(F)F)c1)N[C@@H](CO)C(=O)O. The molecule has 1 atom stereocenters. The van der Waals surface area contributed by atoms with E-state index in [1.165, 1.54) is 0 Å². The lowest BCUT2D eigenvalue weighted by Gasteiger charge is -2.14. The van der Waals surface area contributed by atoms with Crippen molar-refractivity contribution in [3.8, 4) is 0 Å². The maximum atomic E-state index is 12.6. The lowest BCUT2D eigenvalue weighted by molar-refractivity contribution is -0.140. The van der Waals surface area contributed by atoms with Crippen LogP contribution in [0.1, 0.15) is 5.56 Å². The van der Waals surface area contributed by atoms with E-state index in [1.54, 1.807) is 0 Å². The van der Waals surface area contributed by atoms with Crippen LogP contribution >= 0.6 is 11.6 Å². The average molecular weight is 327 g/mol. The van der Waals surface area contributed by atoms with E-state index in [4.69, 9.17) is 21.8 Å². The molecule has 2 amide bonds. The molecule has 0 fully saturated rings. The second-order valence-electron chi connectivity index (χ2n) is 3.86. The van der Waals surface area contributed by atoms with Crippen molar-refractivity contribution in [1.82, 2.24) is 5.32 Å². The van der Waals surface area contributed by atoms with Crippen LogP contribution in [-0.2, 0) is 11.0 Å². The average Bonchev–Trinajstić information content (AvgIpc) is 2.36. The van der Waals surface area contributed by atoms with Crippen LogP contribution in [0.3, 0.4) is 0 Å². The smallest absolute Gasteiger partial charge is 0.417 e. The molecule has 0 aliphatic heterocycles. The highest BCUT2D eigenvalue weighted by Gasteiger charge is 2.33. The summed E-state index contributed by atoms with van der Waals surface area (Å²) in [5.74, 6) is -1.49. The van der Waals surface area contributed by atoms with Gasteiger partial charge in [-0.25, -0.2) is 9.59 Å². The van der Waals surface area contributed by atoms with Gasteiger partial charge in [0.1, 0.15) is 0 Å². The number of aliphatic hydroxyl groups excluding tert-OH is 1. The van der Waals surface area contributed by atoms with Gasteiger partial charge in [-0.2, -0.15) is 13.2 Å². The zero-order valence-corrected chi connectivity index (χ0v) is 11.0. The predicted molar refractivity (Wildman–Crippen MR) is 67.1 cm³/mol. The predicted octanol–water partition coefficient (Wildman–Crippen LogP) is 1.93. The molecule has 21 heavy (non-hydrogen) atoms. The van der Waals surface area contributed by atoms with E-state index in [-0.39, 0.29) is 5.69 Å². The number of amides is 2. The molecule has 0 aliphatic carbocycles. The third kappa shape index (κ3) is 4.80. The maximum absolute atomic E-state index is 12.6. The van der Waals surface area contributed by atoms with Gasteiger partial charge in [-0.1, -0.05) is 11.6 Å². The number of carboxylic acid groups (broad SMARTS) is 1. The van der Waals surface area contributed by atoms with Crippen LogP contribution in [0, 0.1) is 0 Å². The molecule has 1 aromatic rings. The fourth-order valence-corrected chi connectivity index (χ4v) is 1.56. The number of hydrogen-bond donors (Lipinski definition) is 4. The number of carbonyl (C=O) groups excluding carboxylic acids is 1. The number of anilines is 1. The number of aliphatic carboxylic acids is 1. The summed E-state index contributed by atoms with van der Waals surface area (Å²) in [4.78, 5) is 22.0. The van der Waals surface area contributed by atoms with Crippen molar-refractivity contribution >= 4 is 29.3 Å². The zero-order chi connectivity index (χ0) is 16.2. The number of rotatable bonds is 4. The van der Waals surface area contributed by atoms with E-state index in [0.717, 1.165) is 12.1 Å². The summed E-state index contributed by atoms with van der Waals surface area (Å²) in [5.41, 5.74) is -1.37. The molecule has 10 heteroatoms. The van der Waals surface area contributed by atoms with E-state index in [1.807, 2.05) is 10.6 Å². The van der Waals surface area contributed by atoms with E-state index in [9.17, 15) is 22.8 Å². The van der Waals surface area contributed by atoms with E-state index in [2.05, 4.69) is 0 Å². The normalized spacial score (nSPS) is 12.6. The summed E-state index contributed by atoms with van der Waals surface area (Å²) >= 11 is 5.41. The molecule has 0 heterocycles. The Morgan fingerprint density at radius 3 is 2.43 bits per heavy atom. The summed E-state index contributed by atoms with van der Waals surface area (Å²) in [5, 5.41) is 20.7. The van der Waals surface area contributed by atoms with Crippen LogP contribution in [0.4, 0.5) is 23.7 Å². The Morgan fingerprint density at radius 1 is 1.33 bits per heavy atom. The van der Waals surface area contributed by atoms with Gasteiger partial charge >= 0.3 is 18.2 Å². The number of carboxylic acids is 1. The lowest BCUT2D eigenvalue weighted by atomic mass is 10.2. The van der Waals surface area contributed by atoms with Gasteiger partial charge in [-0.05, 0) is 18.2 Å². The minimum absolute atomic E-state index is 0.230. The second-order valence-corrected chi connectivity index (χ2v) is 4.27. The Kier molecular flexibility index (Phi) is 5.39. The standard InChI is InChI=1S/C11H10ClF3N2O4/c12-7-2-1-5(3-6(7)11(13,14)15)16-10(21)17-8(4-18)9(19)20/h1-3,8,18H,4H2,(H,19,20)(H2,16,17,21)/t8-/m0/s1. The van der Waals surface area contributed by atoms with Crippen LogP contribution < -0.4 is 10.6 Å². The van der Waals surface area contributed by atoms with Crippen molar-refractivity contribution in [2.75, 3.05) is 11.9 Å². The molecule has 4 N–H and O–H groups in total. The molecule has 1 aromatic carbocycles. The number of halogens is 4. The van der Waals surface area contributed by atoms with Gasteiger partial charge in [0.05, 0.1) is 17.2 Å². The molecule has 0 unspecified atom stereocenters. The molecule has 0 spiro atoms. The van der Waals surface area contributed by atoms with Crippen molar-refractivity contribution in [2.24, 2.45) is 0 Å². The minimum atomic E-state index is -4.69. The number of hydrogen-bond acceptors (Lipinski definition) is 3. The van der Waals surface area contributed by atoms with E-state index < -0.39 is 41.4 Å². The number of carbonyl (C=O) groups is 2. The van der Waals surface area contributed by atoms with Crippen LogP contribution in [-0.4, -0.2) is 34.9 Å². The fourth-order valence-electron chi connectivity index (χ4n) is 1.33.